The highest BCUT2D eigenvalue weighted by molar-refractivity contribution is 6.30. The molecule has 1 aliphatic rings. The average Bonchev–Trinajstić information content (AvgIpc) is 3.43. The van der Waals surface area contributed by atoms with Gasteiger partial charge in [-0.15, -0.1) is 0 Å². The molecule has 0 aromatic heterocycles. The third kappa shape index (κ3) is 8.09. The Bertz CT molecular complexity index is 1230. The minimum atomic E-state index is -0.683. The Morgan fingerprint density at radius 2 is 1.56 bits per heavy atom. The van der Waals surface area contributed by atoms with Gasteiger partial charge in [0.15, 0.2) is 6.61 Å². The van der Waals surface area contributed by atoms with Crippen LogP contribution in [-0.4, -0.2) is 35.4 Å². The smallest absolute Gasteiger partial charge is 0.261 e. The summed E-state index contributed by atoms with van der Waals surface area (Å²) in [4.78, 5) is 29.4. The van der Waals surface area contributed by atoms with Gasteiger partial charge in [0.1, 0.15) is 11.8 Å². The van der Waals surface area contributed by atoms with E-state index in [0.717, 1.165) is 42.4 Å². The van der Waals surface area contributed by atoms with E-state index in [2.05, 4.69) is 26.1 Å². The van der Waals surface area contributed by atoms with Crippen molar-refractivity contribution in [2.45, 2.75) is 76.9 Å². The molecule has 3 aromatic rings. The average molecular weight is 547 g/mol. The van der Waals surface area contributed by atoms with Gasteiger partial charge in [0.05, 0.1) is 0 Å². The van der Waals surface area contributed by atoms with Gasteiger partial charge < -0.3 is 15.0 Å². The number of hydrogen-bond donors (Lipinski definition) is 1. The number of carbonyl (C=O) groups is 2. The van der Waals surface area contributed by atoms with Crippen LogP contribution in [0.25, 0.3) is 0 Å². The summed E-state index contributed by atoms with van der Waals surface area (Å²) in [6.45, 7) is 6.46. The molecule has 1 aliphatic carbocycles. The van der Waals surface area contributed by atoms with E-state index in [1.165, 1.54) is 0 Å². The number of para-hydroxylation sites is 1. The second-order valence-corrected chi connectivity index (χ2v) is 11.8. The van der Waals surface area contributed by atoms with Gasteiger partial charge in [-0.2, -0.15) is 0 Å². The van der Waals surface area contributed by atoms with E-state index in [-0.39, 0.29) is 36.4 Å². The predicted molar refractivity (Wildman–Crippen MR) is 157 cm³/mol. The van der Waals surface area contributed by atoms with Crippen molar-refractivity contribution >= 4 is 23.4 Å². The molecule has 1 saturated carbocycles. The molecule has 0 bridgehead atoms. The Hall–Kier alpha value is -3.31. The number of amides is 2. The summed E-state index contributed by atoms with van der Waals surface area (Å²) in [6.07, 6.45) is 4.59. The number of halogens is 1. The Labute approximate surface area is 237 Å². The summed E-state index contributed by atoms with van der Waals surface area (Å²) in [6, 6.07) is 24.5. The highest BCUT2D eigenvalue weighted by atomic mass is 35.5. The van der Waals surface area contributed by atoms with Gasteiger partial charge >= 0.3 is 0 Å². The Kier molecular flexibility index (Phi) is 9.68. The summed E-state index contributed by atoms with van der Waals surface area (Å²) >= 11 is 6.13. The molecule has 0 radical (unpaired) electrons. The van der Waals surface area contributed by atoms with E-state index in [0.29, 0.717) is 17.2 Å². The first-order valence-electron chi connectivity index (χ1n) is 13.8. The molecule has 3 aromatic carbocycles. The predicted octanol–water partition coefficient (Wildman–Crippen LogP) is 6.72. The quantitative estimate of drug-likeness (QED) is 0.307. The summed E-state index contributed by atoms with van der Waals surface area (Å²) in [5, 5.41) is 3.86. The minimum Gasteiger partial charge on any atom is -0.483 e. The van der Waals surface area contributed by atoms with Crippen molar-refractivity contribution in [3.63, 3.8) is 0 Å². The zero-order valence-corrected chi connectivity index (χ0v) is 23.9. The molecule has 0 unspecified atom stereocenters. The number of rotatable bonds is 10. The lowest BCUT2D eigenvalue weighted by Gasteiger charge is -2.32. The molecule has 2 amide bonds. The second kappa shape index (κ2) is 13.2. The zero-order chi connectivity index (χ0) is 27.8. The summed E-state index contributed by atoms with van der Waals surface area (Å²) in [7, 11) is 0. The van der Waals surface area contributed by atoms with E-state index >= 15 is 0 Å². The molecular formula is C33H39ClN2O3. The first-order chi connectivity index (χ1) is 18.7. The Balaban J connectivity index is 1.63. The van der Waals surface area contributed by atoms with Crippen molar-refractivity contribution < 1.29 is 14.3 Å². The maximum absolute atomic E-state index is 13.9. The first-order valence-corrected chi connectivity index (χ1v) is 14.2. The van der Waals surface area contributed by atoms with Crippen LogP contribution in [0.2, 0.25) is 5.02 Å². The molecule has 0 heterocycles. The number of hydrogen-bond acceptors (Lipinski definition) is 3. The van der Waals surface area contributed by atoms with Crippen LogP contribution < -0.4 is 10.1 Å². The van der Waals surface area contributed by atoms with E-state index in [9.17, 15) is 9.59 Å². The molecule has 1 atom stereocenters. The van der Waals surface area contributed by atoms with Crippen LogP contribution in [0.5, 0.6) is 5.75 Å². The largest absolute Gasteiger partial charge is 0.483 e. The SMILES string of the molecule is CC(C)(C)c1ccccc1OCC(=O)N(Cc1ccc(Cl)cc1)[C@H](Cc1ccccc1)C(=O)NC1CCCC1. The highest BCUT2D eigenvalue weighted by Gasteiger charge is 2.32. The number of nitrogens with zero attached hydrogens (tertiary/aromatic N) is 1. The lowest BCUT2D eigenvalue weighted by atomic mass is 9.86. The van der Waals surface area contributed by atoms with Crippen LogP contribution in [0.1, 0.15) is 63.1 Å². The summed E-state index contributed by atoms with van der Waals surface area (Å²) in [5.74, 6) is 0.319. The van der Waals surface area contributed by atoms with Crippen LogP contribution in [0.4, 0.5) is 0 Å². The molecule has 0 aliphatic heterocycles. The fourth-order valence-corrected chi connectivity index (χ4v) is 5.27. The van der Waals surface area contributed by atoms with Gasteiger partial charge in [-0.05, 0) is 53.1 Å². The molecular weight excluding hydrogens is 508 g/mol. The molecule has 206 valence electrons. The van der Waals surface area contributed by atoms with E-state index < -0.39 is 6.04 Å². The standard InChI is InChI=1S/C33H39ClN2O3/c1-33(2,3)28-15-9-10-16-30(28)39-23-31(37)36(22-25-17-19-26(34)20-18-25)29(21-24-11-5-4-6-12-24)32(38)35-27-13-7-8-14-27/h4-6,9-12,15-20,27,29H,7-8,13-14,21-23H2,1-3H3,(H,35,38)/t29-/m1/s1. The molecule has 5 nitrogen and oxygen atoms in total. The number of carbonyl (C=O) groups excluding carboxylic acids is 2. The van der Waals surface area contributed by atoms with Crippen LogP contribution in [0.15, 0.2) is 78.9 Å². The lowest BCUT2D eigenvalue weighted by Crippen LogP contribution is -2.53. The van der Waals surface area contributed by atoms with Crippen LogP contribution >= 0.6 is 11.6 Å². The summed E-state index contributed by atoms with van der Waals surface area (Å²) in [5.41, 5.74) is 2.79. The van der Waals surface area contributed by atoms with Crippen LogP contribution in [0, 0.1) is 0 Å². The summed E-state index contributed by atoms with van der Waals surface area (Å²) < 4.78 is 6.13. The van der Waals surface area contributed by atoms with E-state index in [1.807, 2.05) is 66.7 Å². The van der Waals surface area contributed by atoms with Crippen molar-refractivity contribution in [3.05, 3.63) is 101 Å². The van der Waals surface area contributed by atoms with Crippen molar-refractivity contribution in [1.29, 1.82) is 0 Å². The van der Waals surface area contributed by atoms with Crippen molar-refractivity contribution in [2.24, 2.45) is 0 Å². The van der Waals surface area contributed by atoms with Gasteiger partial charge in [0, 0.05) is 24.0 Å². The second-order valence-electron chi connectivity index (χ2n) is 11.4. The molecule has 4 rings (SSSR count). The van der Waals surface area contributed by atoms with Crippen LogP contribution in [0.3, 0.4) is 0 Å². The monoisotopic (exact) mass is 546 g/mol. The zero-order valence-electron chi connectivity index (χ0n) is 23.2. The molecule has 39 heavy (non-hydrogen) atoms. The molecule has 6 heteroatoms. The van der Waals surface area contributed by atoms with E-state index in [4.69, 9.17) is 16.3 Å². The maximum Gasteiger partial charge on any atom is 0.261 e. The topological polar surface area (TPSA) is 58.6 Å². The molecule has 0 spiro atoms. The van der Waals surface area contributed by atoms with Crippen molar-refractivity contribution in [2.75, 3.05) is 6.61 Å². The molecule has 0 saturated heterocycles. The van der Waals surface area contributed by atoms with E-state index in [1.54, 1.807) is 17.0 Å². The number of ether oxygens (including phenoxy) is 1. The fourth-order valence-electron chi connectivity index (χ4n) is 5.14. The minimum absolute atomic E-state index is 0.122. The Morgan fingerprint density at radius 1 is 0.923 bits per heavy atom. The third-order valence-electron chi connectivity index (χ3n) is 7.29. The van der Waals surface area contributed by atoms with Crippen molar-refractivity contribution in [1.82, 2.24) is 10.2 Å². The van der Waals surface area contributed by atoms with Gasteiger partial charge in [-0.1, -0.05) is 106 Å². The fraction of sp³-hybridized carbons (Fsp3) is 0.394. The van der Waals surface area contributed by atoms with Gasteiger partial charge in [0.25, 0.3) is 5.91 Å². The highest BCUT2D eigenvalue weighted by Crippen LogP contribution is 2.31. The first kappa shape index (κ1) is 28.7. The van der Waals surface area contributed by atoms with Crippen molar-refractivity contribution in [3.8, 4) is 5.75 Å². The third-order valence-corrected chi connectivity index (χ3v) is 7.54. The van der Waals surface area contributed by atoms with Gasteiger partial charge in [0.2, 0.25) is 5.91 Å². The normalized spacial score (nSPS) is 14.6. The van der Waals surface area contributed by atoms with Gasteiger partial charge in [-0.25, -0.2) is 0 Å². The molecule has 1 fully saturated rings. The van der Waals surface area contributed by atoms with Crippen LogP contribution in [-0.2, 0) is 28.0 Å². The molecule has 1 N–H and O–H groups in total. The Morgan fingerprint density at radius 3 is 2.23 bits per heavy atom. The maximum atomic E-state index is 13.9. The van der Waals surface area contributed by atoms with Gasteiger partial charge in [-0.3, -0.25) is 9.59 Å². The number of nitrogens with one attached hydrogen (secondary N) is 1. The lowest BCUT2D eigenvalue weighted by molar-refractivity contribution is -0.143. The number of benzene rings is 3.